The van der Waals surface area contributed by atoms with Crippen LogP contribution >= 0.6 is 0 Å². The summed E-state index contributed by atoms with van der Waals surface area (Å²) in [5.41, 5.74) is 0.517. The predicted octanol–water partition coefficient (Wildman–Crippen LogP) is 2.90. The zero-order chi connectivity index (χ0) is 22.3. The van der Waals surface area contributed by atoms with E-state index in [0.717, 1.165) is 11.8 Å². The molecule has 6 nitrogen and oxygen atoms in total. The molecule has 1 aliphatic rings. The lowest BCUT2D eigenvalue weighted by atomic mass is 10.0. The number of carbonyl (C=O) groups excluding carboxylic acids is 2. The van der Waals surface area contributed by atoms with E-state index in [0.29, 0.717) is 26.2 Å². The van der Waals surface area contributed by atoms with Crippen molar-refractivity contribution in [3.8, 4) is 0 Å². The minimum Gasteiger partial charge on any atom is -0.368 e. The summed E-state index contributed by atoms with van der Waals surface area (Å²) in [5.74, 6) is -0.190. The summed E-state index contributed by atoms with van der Waals surface area (Å²) in [6.07, 6.45) is -4.39. The van der Waals surface area contributed by atoms with Crippen molar-refractivity contribution < 1.29 is 22.8 Å². The number of alkyl halides is 3. The van der Waals surface area contributed by atoms with Crippen molar-refractivity contribution in [2.24, 2.45) is 0 Å². The second-order valence-electron chi connectivity index (χ2n) is 7.22. The topological polar surface area (TPSA) is 64.7 Å². The minimum absolute atomic E-state index is 0.0306. The van der Waals surface area contributed by atoms with E-state index in [1.165, 1.54) is 18.2 Å². The van der Waals surface area contributed by atoms with Crippen LogP contribution in [0.4, 0.5) is 23.7 Å². The van der Waals surface area contributed by atoms with Gasteiger partial charge in [0.25, 0.3) is 0 Å². The monoisotopic (exact) mass is 434 g/mol. The fraction of sp³-hybridized carbons (Fsp3) is 0.364. The lowest BCUT2D eigenvalue weighted by Gasteiger charge is -2.36. The Kier molecular flexibility index (Phi) is 7.38. The van der Waals surface area contributed by atoms with Gasteiger partial charge < -0.3 is 20.4 Å². The number of nitrogens with zero attached hydrogens (tertiary/aromatic N) is 2. The van der Waals surface area contributed by atoms with Crippen LogP contribution in [0.1, 0.15) is 11.1 Å². The van der Waals surface area contributed by atoms with Crippen molar-refractivity contribution in [1.29, 1.82) is 0 Å². The maximum atomic E-state index is 13.0. The van der Waals surface area contributed by atoms with E-state index in [2.05, 4.69) is 15.5 Å². The molecule has 1 aliphatic heterocycles. The molecule has 1 saturated heterocycles. The molecule has 3 amide bonds. The molecule has 0 aliphatic carbocycles. The molecule has 9 heteroatoms. The van der Waals surface area contributed by atoms with Crippen molar-refractivity contribution in [3.05, 3.63) is 65.7 Å². The summed E-state index contributed by atoms with van der Waals surface area (Å²) < 4.78 is 39.0. The van der Waals surface area contributed by atoms with Crippen LogP contribution in [-0.2, 0) is 17.4 Å². The number of benzene rings is 2. The molecule has 0 unspecified atom stereocenters. The summed E-state index contributed by atoms with van der Waals surface area (Å²) >= 11 is 0. The van der Waals surface area contributed by atoms with Gasteiger partial charge in [-0.1, -0.05) is 36.4 Å². The molecule has 0 aromatic heterocycles. The summed E-state index contributed by atoms with van der Waals surface area (Å²) in [5, 5.41) is 4.98. The van der Waals surface area contributed by atoms with Gasteiger partial charge in [0, 0.05) is 38.4 Å². The minimum atomic E-state index is -4.43. The van der Waals surface area contributed by atoms with Crippen LogP contribution in [0.15, 0.2) is 54.6 Å². The first-order chi connectivity index (χ1) is 14.8. The van der Waals surface area contributed by atoms with Gasteiger partial charge >= 0.3 is 12.2 Å². The third-order valence-electron chi connectivity index (χ3n) is 5.16. The van der Waals surface area contributed by atoms with Crippen LogP contribution in [-0.4, -0.2) is 56.1 Å². The molecule has 1 heterocycles. The molecule has 2 aromatic rings. The Balaban J connectivity index is 1.37. The molecule has 0 bridgehead atoms. The van der Waals surface area contributed by atoms with Crippen LogP contribution in [0.25, 0.3) is 0 Å². The first kappa shape index (κ1) is 22.5. The Morgan fingerprint density at radius 1 is 0.871 bits per heavy atom. The first-order valence-corrected chi connectivity index (χ1v) is 10.1. The Morgan fingerprint density at radius 2 is 1.52 bits per heavy atom. The highest BCUT2D eigenvalue weighted by molar-refractivity contribution is 5.84. The van der Waals surface area contributed by atoms with Gasteiger partial charge in [0.2, 0.25) is 5.91 Å². The Labute approximate surface area is 179 Å². The number of hydrogen-bond acceptors (Lipinski definition) is 3. The van der Waals surface area contributed by atoms with Crippen LogP contribution in [0, 0.1) is 0 Å². The lowest BCUT2D eigenvalue weighted by molar-refractivity contribution is -0.138. The molecule has 0 spiro atoms. The predicted molar refractivity (Wildman–Crippen MR) is 112 cm³/mol. The van der Waals surface area contributed by atoms with E-state index >= 15 is 0 Å². The Morgan fingerprint density at radius 3 is 2.19 bits per heavy atom. The number of halogens is 3. The largest absolute Gasteiger partial charge is 0.416 e. The van der Waals surface area contributed by atoms with Crippen LogP contribution < -0.4 is 15.5 Å². The molecular weight excluding hydrogens is 409 g/mol. The van der Waals surface area contributed by atoms with Gasteiger partial charge in [-0.3, -0.25) is 4.79 Å². The van der Waals surface area contributed by atoms with Gasteiger partial charge in [-0.25, -0.2) is 4.79 Å². The molecule has 0 atom stereocenters. The number of amides is 3. The maximum absolute atomic E-state index is 13.0. The van der Waals surface area contributed by atoms with Gasteiger partial charge in [0.05, 0.1) is 12.1 Å². The van der Waals surface area contributed by atoms with E-state index in [-0.39, 0.29) is 31.0 Å². The van der Waals surface area contributed by atoms with E-state index in [1.54, 1.807) is 4.90 Å². The highest BCUT2D eigenvalue weighted by Crippen LogP contribution is 2.31. The van der Waals surface area contributed by atoms with Gasteiger partial charge in [-0.15, -0.1) is 0 Å². The quantitative estimate of drug-likeness (QED) is 0.735. The summed E-state index contributed by atoms with van der Waals surface area (Å²) in [7, 11) is 0. The molecule has 1 fully saturated rings. The molecule has 166 valence electrons. The lowest BCUT2D eigenvalue weighted by Crippen LogP contribution is -2.52. The van der Waals surface area contributed by atoms with Crippen molar-refractivity contribution in [1.82, 2.24) is 15.5 Å². The summed E-state index contributed by atoms with van der Waals surface area (Å²) in [4.78, 5) is 28.1. The third-order valence-corrected chi connectivity index (χ3v) is 5.16. The van der Waals surface area contributed by atoms with E-state index in [9.17, 15) is 22.8 Å². The van der Waals surface area contributed by atoms with Crippen molar-refractivity contribution in [3.63, 3.8) is 0 Å². The number of anilines is 1. The Hall–Kier alpha value is -3.23. The second kappa shape index (κ2) is 10.2. The number of piperazine rings is 1. The normalized spacial score (nSPS) is 14.3. The molecular formula is C22H25F3N4O2. The number of hydrogen-bond donors (Lipinski definition) is 2. The number of carbonyl (C=O) groups is 2. The third kappa shape index (κ3) is 6.37. The summed E-state index contributed by atoms with van der Waals surface area (Å²) in [6, 6.07) is 14.6. The molecule has 31 heavy (non-hydrogen) atoms. The Bertz CT molecular complexity index is 882. The second-order valence-corrected chi connectivity index (χ2v) is 7.22. The zero-order valence-electron chi connectivity index (χ0n) is 17.0. The highest BCUT2D eigenvalue weighted by atomic mass is 19.4. The van der Waals surface area contributed by atoms with Gasteiger partial charge in [0.1, 0.15) is 0 Å². The average Bonchev–Trinajstić information content (AvgIpc) is 2.78. The van der Waals surface area contributed by atoms with Gasteiger partial charge in [-0.2, -0.15) is 13.2 Å². The molecule has 2 aromatic carbocycles. The zero-order valence-corrected chi connectivity index (χ0v) is 17.0. The van der Waals surface area contributed by atoms with E-state index in [4.69, 9.17) is 0 Å². The SMILES string of the molecule is O=C(NCCc1ccccc1C(F)(F)F)NCC(=O)N1CCN(c2ccccc2)CC1. The van der Waals surface area contributed by atoms with Gasteiger partial charge in [-0.05, 0) is 30.2 Å². The fourth-order valence-electron chi connectivity index (χ4n) is 3.51. The molecule has 0 radical (unpaired) electrons. The highest BCUT2D eigenvalue weighted by Gasteiger charge is 2.32. The number of rotatable bonds is 6. The fourth-order valence-corrected chi connectivity index (χ4v) is 3.51. The van der Waals surface area contributed by atoms with Crippen LogP contribution in [0.5, 0.6) is 0 Å². The number of urea groups is 1. The van der Waals surface area contributed by atoms with E-state index in [1.807, 2.05) is 30.3 Å². The average molecular weight is 434 g/mol. The van der Waals surface area contributed by atoms with Crippen molar-refractivity contribution in [2.75, 3.05) is 44.2 Å². The van der Waals surface area contributed by atoms with Gasteiger partial charge in [0.15, 0.2) is 0 Å². The smallest absolute Gasteiger partial charge is 0.368 e. The maximum Gasteiger partial charge on any atom is 0.416 e. The molecule has 2 N–H and O–H groups in total. The molecule has 0 saturated carbocycles. The van der Waals surface area contributed by atoms with Crippen molar-refractivity contribution >= 4 is 17.6 Å². The standard InChI is InChI=1S/C22H25F3N4O2/c23-22(24,25)19-9-5-4-6-17(19)10-11-26-21(31)27-16-20(30)29-14-12-28(13-15-29)18-7-2-1-3-8-18/h1-9H,10-16H2,(H2,26,27,31). The number of nitrogens with one attached hydrogen (secondary N) is 2. The van der Waals surface area contributed by atoms with Crippen LogP contribution in [0.2, 0.25) is 0 Å². The van der Waals surface area contributed by atoms with Crippen molar-refractivity contribution in [2.45, 2.75) is 12.6 Å². The van der Waals surface area contributed by atoms with Crippen LogP contribution in [0.3, 0.4) is 0 Å². The first-order valence-electron chi connectivity index (χ1n) is 10.1. The summed E-state index contributed by atoms with van der Waals surface area (Å²) in [6.45, 7) is 2.41. The van der Waals surface area contributed by atoms with E-state index < -0.39 is 17.8 Å². The molecule has 3 rings (SSSR count). The number of para-hydroxylation sites is 1.